The highest BCUT2D eigenvalue weighted by atomic mass is 19.4. The van der Waals surface area contributed by atoms with Gasteiger partial charge in [-0.1, -0.05) is 12.1 Å². The van der Waals surface area contributed by atoms with Crippen LogP contribution in [0.15, 0.2) is 36.4 Å². The molecule has 0 aliphatic heterocycles. The highest BCUT2D eigenvalue weighted by molar-refractivity contribution is 5.95. The Balaban J connectivity index is 2.25. The molecule has 0 bridgehead atoms. The van der Waals surface area contributed by atoms with E-state index in [1.165, 1.54) is 30.0 Å². The van der Waals surface area contributed by atoms with Gasteiger partial charge in [-0.05, 0) is 43.7 Å². The van der Waals surface area contributed by atoms with Crippen molar-refractivity contribution in [2.45, 2.75) is 26.6 Å². The van der Waals surface area contributed by atoms with E-state index in [-0.39, 0.29) is 17.8 Å². The number of hydrogen-bond acceptors (Lipinski definition) is 2. The van der Waals surface area contributed by atoms with Gasteiger partial charge in [0, 0.05) is 13.1 Å². The minimum absolute atomic E-state index is 0.00696. The molecule has 24 heavy (non-hydrogen) atoms. The van der Waals surface area contributed by atoms with Crippen LogP contribution < -0.4 is 0 Å². The first-order chi connectivity index (χ1) is 11.2. The lowest BCUT2D eigenvalue weighted by Gasteiger charge is -2.22. The first-order valence-electron chi connectivity index (χ1n) is 7.31. The Bertz CT molecular complexity index is 744. The van der Waals surface area contributed by atoms with Gasteiger partial charge in [-0.2, -0.15) is 13.2 Å². The fourth-order valence-electron chi connectivity index (χ4n) is 2.30. The van der Waals surface area contributed by atoms with Gasteiger partial charge >= 0.3 is 6.18 Å². The molecule has 1 heterocycles. The van der Waals surface area contributed by atoms with Gasteiger partial charge in [0.05, 0.1) is 11.3 Å². The molecule has 0 aliphatic carbocycles. The first kappa shape index (κ1) is 17.9. The number of alkyl halides is 3. The van der Waals surface area contributed by atoms with E-state index in [1.807, 2.05) is 0 Å². The van der Waals surface area contributed by atoms with E-state index in [0.717, 1.165) is 12.1 Å². The normalized spacial score (nSPS) is 11.4. The number of carbonyl (C=O) groups is 1. The van der Waals surface area contributed by atoms with E-state index < -0.39 is 23.6 Å². The second-order valence-corrected chi connectivity index (χ2v) is 5.28. The third kappa shape index (κ3) is 4.10. The summed E-state index contributed by atoms with van der Waals surface area (Å²) in [4.78, 5) is 17.5. The molecule has 0 unspecified atom stereocenters. The lowest BCUT2D eigenvalue weighted by Crippen LogP contribution is -2.31. The number of carbonyl (C=O) groups excluding carboxylic acids is 1. The molecule has 2 rings (SSSR count). The van der Waals surface area contributed by atoms with Crippen molar-refractivity contribution in [3.8, 4) is 0 Å². The van der Waals surface area contributed by atoms with Gasteiger partial charge in [-0.25, -0.2) is 9.37 Å². The van der Waals surface area contributed by atoms with Crippen LogP contribution in [0.2, 0.25) is 0 Å². The van der Waals surface area contributed by atoms with Crippen LogP contribution in [0.4, 0.5) is 17.6 Å². The van der Waals surface area contributed by atoms with E-state index >= 15 is 0 Å². The van der Waals surface area contributed by atoms with Crippen LogP contribution in [0.1, 0.15) is 34.2 Å². The van der Waals surface area contributed by atoms with Crippen LogP contribution in [0, 0.1) is 12.7 Å². The Morgan fingerprint density at radius 3 is 2.46 bits per heavy atom. The van der Waals surface area contributed by atoms with Crippen molar-refractivity contribution in [3.05, 3.63) is 64.7 Å². The molecule has 0 atom stereocenters. The van der Waals surface area contributed by atoms with Gasteiger partial charge < -0.3 is 4.90 Å². The third-order valence-corrected chi connectivity index (χ3v) is 3.54. The molecule has 0 radical (unpaired) electrons. The summed E-state index contributed by atoms with van der Waals surface area (Å²) in [7, 11) is 0. The second kappa shape index (κ2) is 6.98. The predicted octanol–water partition coefficient (Wildman–Crippen LogP) is 4.21. The predicted molar refractivity (Wildman–Crippen MR) is 80.8 cm³/mol. The van der Waals surface area contributed by atoms with Crippen LogP contribution in [0.5, 0.6) is 0 Å². The number of rotatable bonds is 4. The maximum absolute atomic E-state index is 13.2. The summed E-state index contributed by atoms with van der Waals surface area (Å²) in [6, 6.07) is 7.74. The van der Waals surface area contributed by atoms with Crippen molar-refractivity contribution in [2.75, 3.05) is 6.54 Å². The van der Waals surface area contributed by atoms with Crippen molar-refractivity contribution < 1.29 is 22.4 Å². The smallest absolute Gasteiger partial charge is 0.335 e. The zero-order chi connectivity index (χ0) is 17.9. The van der Waals surface area contributed by atoms with E-state index in [1.54, 1.807) is 13.0 Å². The summed E-state index contributed by atoms with van der Waals surface area (Å²) in [5.41, 5.74) is -0.332. The molecule has 1 aromatic heterocycles. The molecule has 3 nitrogen and oxygen atoms in total. The van der Waals surface area contributed by atoms with Crippen LogP contribution in [-0.2, 0) is 12.7 Å². The molecule has 0 N–H and O–H groups in total. The van der Waals surface area contributed by atoms with E-state index in [4.69, 9.17) is 0 Å². The van der Waals surface area contributed by atoms with Gasteiger partial charge in [0.1, 0.15) is 11.5 Å². The number of pyridine rings is 1. The highest BCUT2D eigenvalue weighted by Crippen LogP contribution is 2.28. The van der Waals surface area contributed by atoms with Crippen molar-refractivity contribution in [1.29, 1.82) is 0 Å². The number of amides is 1. The average Bonchev–Trinajstić information content (AvgIpc) is 2.51. The zero-order valence-corrected chi connectivity index (χ0v) is 13.2. The van der Waals surface area contributed by atoms with E-state index in [9.17, 15) is 22.4 Å². The first-order valence-corrected chi connectivity index (χ1v) is 7.31. The molecule has 0 spiro atoms. The standard InChI is InChI=1S/C17H16F4N2O/c1-3-23(10-12-5-4-6-13(18)9-12)16(24)14-7-8-15(17(19,20)21)22-11(14)2/h4-9H,3,10H2,1-2H3. The highest BCUT2D eigenvalue weighted by Gasteiger charge is 2.33. The average molecular weight is 340 g/mol. The molecule has 0 fully saturated rings. The fourth-order valence-corrected chi connectivity index (χ4v) is 2.30. The SMILES string of the molecule is CCN(Cc1cccc(F)c1)C(=O)c1ccc(C(F)(F)F)nc1C. The van der Waals surface area contributed by atoms with Crippen molar-refractivity contribution in [1.82, 2.24) is 9.88 Å². The van der Waals surface area contributed by atoms with Crippen LogP contribution in [-0.4, -0.2) is 22.3 Å². The Hall–Kier alpha value is -2.44. The lowest BCUT2D eigenvalue weighted by atomic mass is 10.1. The van der Waals surface area contributed by atoms with Crippen molar-refractivity contribution in [3.63, 3.8) is 0 Å². The van der Waals surface area contributed by atoms with Gasteiger partial charge in [0.15, 0.2) is 0 Å². The second-order valence-electron chi connectivity index (χ2n) is 5.28. The summed E-state index contributed by atoms with van der Waals surface area (Å²) in [5, 5.41) is 0. The van der Waals surface area contributed by atoms with Crippen LogP contribution in [0.3, 0.4) is 0 Å². The van der Waals surface area contributed by atoms with Gasteiger partial charge in [-0.15, -0.1) is 0 Å². The third-order valence-electron chi connectivity index (χ3n) is 3.54. The molecule has 0 saturated heterocycles. The van der Waals surface area contributed by atoms with Gasteiger partial charge in [-0.3, -0.25) is 4.79 Å². The number of nitrogens with zero attached hydrogens (tertiary/aromatic N) is 2. The zero-order valence-electron chi connectivity index (χ0n) is 13.2. The van der Waals surface area contributed by atoms with Crippen LogP contribution >= 0.6 is 0 Å². The van der Waals surface area contributed by atoms with E-state index in [0.29, 0.717) is 12.1 Å². The maximum atomic E-state index is 13.2. The topological polar surface area (TPSA) is 33.2 Å². The molecule has 0 aliphatic rings. The van der Waals surface area contributed by atoms with Crippen molar-refractivity contribution in [2.24, 2.45) is 0 Å². The number of halogens is 4. The monoisotopic (exact) mass is 340 g/mol. The molecule has 2 aromatic rings. The minimum atomic E-state index is -4.56. The minimum Gasteiger partial charge on any atom is -0.335 e. The summed E-state index contributed by atoms with van der Waals surface area (Å²) in [6.45, 7) is 3.59. The number of benzene rings is 1. The molecular weight excluding hydrogens is 324 g/mol. The quantitative estimate of drug-likeness (QED) is 0.781. The summed E-state index contributed by atoms with van der Waals surface area (Å²) in [5.74, 6) is -0.858. The van der Waals surface area contributed by atoms with Gasteiger partial charge in [0.25, 0.3) is 5.91 Å². The molecule has 1 aromatic carbocycles. The van der Waals surface area contributed by atoms with Crippen LogP contribution in [0.25, 0.3) is 0 Å². The molecular formula is C17H16F4N2O. The summed E-state index contributed by atoms with van der Waals surface area (Å²) >= 11 is 0. The number of hydrogen-bond donors (Lipinski definition) is 0. The lowest BCUT2D eigenvalue weighted by molar-refractivity contribution is -0.141. The molecule has 1 amide bonds. The fraction of sp³-hybridized carbons (Fsp3) is 0.294. The summed E-state index contributed by atoms with van der Waals surface area (Å²) < 4.78 is 51.2. The Labute approximate surface area is 136 Å². The Kier molecular flexibility index (Phi) is 5.21. The largest absolute Gasteiger partial charge is 0.433 e. The van der Waals surface area contributed by atoms with Gasteiger partial charge in [0.2, 0.25) is 0 Å². The molecule has 0 saturated carbocycles. The molecule has 7 heteroatoms. The summed E-state index contributed by atoms with van der Waals surface area (Å²) in [6.07, 6.45) is -4.56. The number of aryl methyl sites for hydroxylation is 1. The Morgan fingerprint density at radius 2 is 1.92 bits per heavy atom. The Morgan fingerprint density at radius 1 is 1.21 bits per heavy atom. The van der Waals surface area contributed by atoms with E-state index in [2.05, 4.69) is 4.98 Å². The molecule has 128 valence electrons. The number of aromatic nitrogens is 1. The van der Waals surface area contributed by atoms with Crippen molar-refractivity contribution >= 4 is 5.91 Å². The maximum Gasteiger partial charge on any atom is 0.433 e.